The number of thiazole rings is 1. The lowest BCUT2D eigenvalue weighted by atomic mass is 9.85. The molecular formula is C46H62ClN7O9S. The number of nitrogens with zero attached hydrogens (tertiary/aromatic N) is 4. The zero-order valence-corrected chi connectivity index (χ0v) is 39.4. The minimum absolute atomic E-state index is 0.0316. The van der Waals surface area contributed by atoms with Gasteiger partial charge >= 0.3 is 12.1 Å². The summed E-state index contributed by atoms with van der Waals surface area (Å²) in [5.41, 5.74) is -0.692. The Morgan fingerprint density at radius 1 is 1.05 bits per heavy atom. The number of benzene rings is 1. The van der Waals surface area contributed by atoms with Crippen molar-refractivity contribution in [2.45, 2.75) is 116 Å². The van der Waals surface area contributed by atoms with E-state index in [-0.39, 0.29) is 31.0 Å². The van der Waals surface area contributed by atoms with Crippen molar-refractivity contribution in [3.05, 3.63) is 28.6 Å². The van der Waals surface area contributed by atoms with Crippen molar-refractivity contribution in [2.75, 3.05) is 51.3 Å². The molecule has 0 bridgehead atoms. The summed E-state index contributed by atoms with van der Waals surface area (Å²) in [4.78, 5) is 68.7. The van der Waals surface area contributed by atoms with E-state index in [0.717, 1.165) is 31.1 Å². The van der Waals surface area contributed by atoms with Crippen LogP contribution in [0.3, 0.4) is 0 Å². The van der Waals surface area contributed by atoms with E-state index in [4.69, 9.17) is 40.5 Å². The number of fused-ring (bicyclic) bond motifs is 2. The number of carbonyl (C=O) groups excluding carboxylic acids is 3. The first kappa shape index (κ1) is 46.1. The van der Waals surface area contributed by atoms with E-state index in [9.17, 15) is 24.3 Å². The van der Waals surface area contributed by atoms with E-state index >= 15 is 0 Å². The van der Waals surface area contributed by atoms with Crippen molar-refractivity contribution in [3.63, 3.8) is 0 Å². The zero-order valence-electron chi connectivity index (χ0n) is 37.8. The maximum Gasteiger partial charge on any atom is 0.408 e. The molecule has 64 heavy (non-hydrogen) atoms. The fourth-order valence-corrected chi connectivity index (χ4v) is 11.0. The SMILES string of the molecule is CC[C@H]1C[C@]1(NC(=O)[C@@H]1C[C@@H](Oc2cc(-c3csc(NC(C)C)n3)nc3c(Cl)c(OCCN4CCOCC4)ccc23)CN1C(=O)[C@@H](NC(=O)O[C@@H]1C[C@@H]2[C@H](C)[C@@H]2C1)C(C)(C)C)C(=O)O. The van der Waals surface area contributed by atoms with Crippen LogP contribution in [0, 0.1) is 29.1 Å². The topological polar surface area (TPSA) is 194 Å². The molecule has 3 amide bonds. The van der Waals surface area contributed by atoms with Crippen LogP contribution in [0.4, 0.5) is 9.93 Å². The number of amides is 3. The molecule has 2 saturated heterocycles. The highest BCUT2D eigenvalue weighted by Crippen LogP contribution is 2.57. The van der Waals surface area contributed by atoms with Crippen molar-refractivity contribution in [3.8, 4) is 22.9 Å². The van der Waals surface area contributed by atoms with Crippen LogP contribution in [0.15, 0.2) is 23.6 Å². The van der Waals surface area contributed by atoms with Crippen molar-refractivity contribution >= 4 is 62.8 Å². The van der Waals surface area contributed by atoms with Crippen LogP contribution in [0.2, 0.25) is 5.02 Å². The number of carboxylic acids is 1. The number of aliphatic carboxylic acids is 1. The number of aromatic nitrogens is 2. The Kier molecular flexibility index (Phi) is 13.3. The highest BCUT2D eigenvalue weighted by atomic mass is 35.5. The van der Waals surface area contributed by atoms with Gasteiger partial charge in [0.2, 0.25) is 11.8 Å². The van der Waals surface area contributed by atoms with Crippen LogP contribution in [0.1, 0.15) is 80.6 Å². The number of alkyl carbamates (subject to hydrolysis) is 1. The Morgan fingerprint density at radius 2 is 1.78 bits per heavy atom. The van der Waals surface area contributed by atoms with Gasteiger partial charge in [0.1, 0.15) is 58.7 Å². The van der Waals surface area contributed by atoms with Gasteiger partial charge in [-0.15, -0.1) is 11.3 Å². The molecule has 5 aliphatic rings. The number of likely N-dealkylation sites (tertiary alicyclic amines) is 1. The van der Waals surface area contributed by atoms with Crippen molar-refractivity contribution < 1.29 is 43.2 Å². The van der Waals surface area contributed by atoms with Gasteiger partial charge in [0, 0.05) is 48.9 Å². The van der Waals surface area contributed by atoms with Crippen LogP contribution >= 0.6 is 22.9 Å². The first-order chi connectivity index (χ1) is 30.4. The van der Waals surface area contributed by atoms with Crippen molar-refractivity contribution in [1.82, 2.24) is 30.4 Å². The van der Waals surface area contributed by atoms with Gasteiger partial charge in [0.05, 0.1) is 31.0 Å². The molecule has 8 rings (SSSR count). The molecule has 4 heterocycles. The van der Waals surface area contributed by atoms with Crippen molar-refractivity contribution in [1.29, 1.82) is 0 Å². The van der Waals surface area contributed by atoms with Crippen LogP contribution in [-0.4, -0.2) is 131 Å². The summed E-state index contributed by atoms with van der Waals surface area (Å²) in [6.45, 7) is 17.8. The highest BCUT2D eigenvalue weighted by molar-refractivity contribution is 7.14. The zero-order chi connectivity index (χ0) is 45.7. The number of carbonyl (C=O) groups is 4. The van der Waals surface area contributed by atoms with Gasteiger partial charge in [-0.1, -0.05) is 52.6 Å². The summed E-state index contributed by atoms with van der Waals surface area (Å²) in [5, 5.41) is 22.8. The summed E-state index contributed by atoms with van der Waals surface area (Å²) < 4.78 is 24.4. The van der Waals surface area contributed by atoms with E-state index in [1.807, 2.05) is 53.0 Å². The molecule has 2 aromatic heterocycles. The molecule has 5 fully saturated rings. The first-order valence-corrected chi connectivity index (χ1v) is 24.0. The standard InChI is InChI=1S/C46H62ClN7O9S/c1-8-26-21-46(26,42(57)58)52-40(55)34-19-28(22-54(34)41(56)39(45(5,6)7)51-44(59)63-27-17-30-25(4)31(30)18-27)62-36-20-32(33-23-64-43(50-33)48-24(2)3)49-38-29(36)9-10-35(37(38)47)61-16-13-53-11-14-60-15-12-53/h9-10,20,23-28,30-31,34,39H,8,11-19,21-22H2,1-7H3,(H,48,50)(H,51,59)(H,52,55)(H,57,58)/t25-,26-,27+,28+,30+,31-,34-,39+,46+/m0/s1. The number of carboxylic acid groups (broad SMARTS) is 1. The number of morpholine rings is 1. The number of ether oxygens (including phenoxy) is 4. The summed E-state index contributed by atoms with van der Waals surface area (Å²) in [6, 6.07) is 3.37. The Bertz CT molecular complexity index is 2240. The smallest absolute Gasteiger partial charge is 0.408 e. The maximum absolute atomic E-state index is 14.9. The Morgan fingerprint density at radius 3 is 2.44 bits per heavy atom. The minimum atomic E-state index is -1.42. The maximum atomic E-state index is 14.9. The van der Waals surface area contributed by atoms with E-state index < -0.39 is 53.0 Å². The summed E-state index contributed by atoms with van der Waals surface area (Å²) in [6.07, 6.45) is 0.892. The number of pyridine rings is 1. The molecule has 3 aliphatic carbocycles. The lowest BCUT2D eigenvalue weighted by molar-refractivity contribution is -0.146. The van der Waals surface area contributed by atoms with E-state index in [1.54, 1.807) is 12.1 Å². The molecule has 4 N–H and O–H groups in total. The molecule has 3 saturated carbocycles. The van der Waals surface area contributed by atoms with Crippen LogP contribution in [-0.2, 0) is 23.9 Å². The average Bonchev–Trinajstić information content (AvgIpc) is 3.73. The highest BCUT2D eigenvalue weighted by Gasteiger charge is 2.62. The predicted octanol–water partition coefficient (Wildman–Crippen LogP) is 6.45. The van der Waals surface area contributed by atoms with Gasteiger partial charge in [0.15, 0.2) is 5.13 Å². The monoisotopic (exact) mass is 923 g/mol. The van der Waals surface area contributed by atoms with Crippen LogP contribution in [0.5, 0.6) is 11.5 Å². The van der Waals surface area contributed by atoms with Gasteiger partial charge in [-0.2, -0.15) is 0 Å². The summed E-state index contributed by atoms with van der Waals surface area (Å²) in [5.74, 6) is 0.198. The Balaban J connectivity index is 1.09. The molecule has 3 aromatic rings. The quantitative estimate of drug-likeness (QED) is 0.123. The van der Waals surface area contributed by atoms with Gasteiger partial charge in [-0.25, -0.2) is 19.6 Å². The first-order valence-electron chi connectivity index (χ1n) is 22.7. The van der Waals surface area contributed by atoms with Gasteiger partial charge < -0.3 is 44.9 Å². The Hall–Kier alpha value is -4.45. The van der Waals surface area contributed by atoms with Crippen LogP contribution in [0.25, 0.3) is 22.3 Å². The number of rotatable bonds is 16. The molecule has 18 heteroatoms. The summed E-state index contributed by atoms with van der Waals surface area (Å²) in [7, 11) is 0. The molecule has 2 aliphatic heterocycles. The summed E-state index contributed by atoms with van der Waals surface area (Å²) >= 11 is 8.56. The molecule has 0 spiro atoms. The van der Waals surface area contributed by atoms with Gasteiger partial charge in [0.25, 0.3) is 0 Å². The van der Waals surface area contributed by atoms with Crippen LogP contribution < -0.4 is 25.4 Å². The fourth-order valence-electron chi connectivity index (χ4n) is 9.84. The van der Waals surface area contributed by atoms with E-state index in [2.05, 4.69) is 27.8 Å². The number of halogens is 1. The van der Waals surface area contributed by atoms with Gasteiger partial charge in [-0.3, -0.25) is 14.5 Å². The van der Waals surface area contributed by atoms with Crippen molar-refractivity contribution in [2.24, 2.45) is 29.1 Å². The number of anilines is 1. The van der Waals surface area contributed by atoms with E-state index in [1.165, 1.54) is 16.2 Å². The normalized spacial score (nSPS) is 28.1. The largest absolute Gasteiger partial charge is 0.491 e. The third-order valence-corrected chi connectivity index (χ3v) is 14.9. The van der Waals surface area contributed by atoms with Gasteiger partial charge in [-0.05, 0) is 74.3 Å². The molecule has 0 unspecified atom stereocenters. The number of hydrogen-bond acceptors (Lipinski definition) is 13. The van der Waals surface area contributed by atoms with E-state index in [0.29, 0.717) is 95.8 Å². The Labute approximate surface area is 383 Å². The number of nitrogens with one attached hydrogen (secondary N) is 3. The molecule has 9 atom stereocenters. The minimum Gasteiger partial charge on any atom is -0.491 e. The fraction of sp³-hybridized carbons (Fsp3) is 0.652. The predicted molar refractivity (Wildman–Crippen MR) is 243 cm³/mol. The molecule has 16 nitrogen and oxygen atoms in total. The lowest BCUT2D eigenvalue weighted by Gasteiger charge is -2.35. The second kappa shape index (κ2) is 18.4. The number of hydrogen-bond donors (Lipinski definition) is 4. The third kappa shape index (κ3) is 9.73. The molecular weight excluding hydrogens is 862 g/mol. The molecule has 1 aromatic carbocycles. The third-order valence-electron chi connectivity index (χ3n) is 13.7. The lowest BCUT2D eigenvalue weighted by Crippen LogP contribution is -2.59. The second-order valence-electron chi connectivity index (χ2n) is 19.6. The molecule has 348 valence electrons. The average molecular weight is 925 g/mol. The molecule has 0 radical (unpaired) electrons. The second-order valence-corrected chi connectivity index (χ2v) is 20.8.